The van der Waals surface area contributed by atoms with Gasteiger partial charge < -0.3 is 24.7 Å². The second-order valence-corrected chi connectivity index (χ2v) is 7.75. The Bertz CT molecular complexity index is 1080. The standard InChI is InChI=1S/C21H21N5O4S/c1-26-13-22-25-21(26)31-12-19(27)23-15-5-3-14(4-6-15)20(28)24-16-7-8-17-18(11-16)30-10-2-9-29-17/h3-8,11,13H,2,9-10,12H2,1H3,(H,23,27)(H,24,28). The van der Waals surface area contributed by atoms with Crippen LogP contribution in [0.5, 0.6) is 11.5 Å². The maximum atomic E-state index is 12.6. The van der Waals surface area contributed by atoms with E-state index < -0.39 is 0 Å². The summed E-state index contributed by atoms with van der Waals surface area (Å²) >= 11 is 1.30. The number of thioether (sulfide) groups is 1. The van der Waals surface area contributed by atoms with Gasteiger partial charge in [-0.2, -0.15) is 0 Å². The van der Waals surface area contributed by atoms with Crippen LogP contribution in [0.15, 0.2) is 53.9 Å². The summed E-state index contributed by atoms with van der Waals surface area (Å²) < 4.78 is 13.0. The third-order valence-corrected chi connectivity index (χ3v) is 5.47. The van der Waals surface area contributed by atoms with Gasteiger partial charge in [0, 0.05) is 36.5 Å². The van der Waals surface area contributed by atoms with Crippen molar-refractivity contribution in [3.8, 4) is 11.5 Å². The third-order valence-electron chi connectivity index (χ3n) is 4.44. The van der Waals surface area contributed by atoms with Crippen LogP contribution in [0.25, 0.3) is 0 Å². The molecule has 1 aliphatic rings. The monoisotopic (exact) mass is 439 g/mol. The van der Waals surface area contributed by atoms with Crippen LogP contribution in [0.1, 0.15) is 16.8 Å². The Morgan fingerprint density at radius 2 is 1.77 bits per heavy atom. The van der Waals surface area contributed by atoms with Crippen LogP contribution in [0.3, 0.4) is 0 Å². The van der Waals surface area contributed by atoms with Gasteiger partial charge in [0.25, 0.3) is 5.91 Å². The molecule has 3 aromatic rings. The summed E-state index contributed by atoms with van der Waals surface area (Å²) in [5.74, 6) is 1.07. The van der Waals surface area contributed by atoms with Crippen LogP contribution < -0.4 is 20.1 Å². The van der Waals surface area contributed by atoms with E-state index in [4.69, 9.17) is 9.47 Å². The number of ether oxygens (including phenoxy) is 2. The molecule has 4 rings (SSSR count). The number of amides is 2. The van der Waals surface area contributed by atoms with Gasteiger partial charge >= 0.3 is 0 Å². The number of benzene rings is 2. The number of anilines is 2. The van der Waals surface area contributed by atoms with Gasteiger partial charge in [0.15, 0.2) is 16.7 Å². The van der Waals surface area contributed by atoms with Crippen LogP contribution >= 0.6 is 11.8 Å². The molecule has 31 heavy (non-hydrogen) atoms. The fourth-order valence-corrected chi connectivity index (χ4v) is 3.57. The van der Waals surface area contributed by atoms with Crippen molar-refractivity contribution < 1.29 is 19.1 Å². The molecule has 2 N–H and O–H groups in total. The van der Waals surface area contributed by atoms with E-state index in [1.807, 2.05) is 7.05 Å². The number of hydrogen-bond acceptors (Lipinski definition) is 7. The molecule has 0 radical (unpaired) electrons. The van der Waals surface area contributed by atoms with Crippen molar-refractivity contribution in [2.24, 2.45) is 7.05 Å². The molecule has 2 aromatic carbocycles. The molecular weight excluding hydrogens is 418 g/mol. The first kappa shape index (κ1) is 20.7. The zero-order valence-electron chi connectivity index (χ0n) is 16.8. The molecule has 9 nitrogen and oxygen atoms in total. The van der Waals surface area contributed by atoms with Crippen LogP contribution in [0.4, 0.5) is 11.4 Å². The molecule has 0 fully saturated rings. The van der Waals surface area contributed by atoms with E-state index in [-0.39, 0.29) is 17.6 Å². The molecule has 1 aliphatic heterocycles. The molecule has 0 aliphatic carbocycles. The summed E-state index contributed by atoms with van der Waals surface area (Å²) in [6.07, 6.45) is 2.40. The molecule has 0 atom stereocenters. The highest BCUT2D eigenvalue weighted by Crippen LogP contribution is 2.32. The number of hydrogen-bond donors (Lipinski definition) is 2. The first-order valence-electron chi connectivity index (χ1n) is 9.66. The number of fused-ring (bicyclic) bond motifs is 1. The average molecular weight is 439 g/mol. The predicted octanol–water partition coefficient (Wildman–Crippen LogP) is 2.96. The molecular formula is C21H21N5O4S. The highest BCUT2D eigenvalue weighted by molar-refractivity contribution is 7.99. The Kier molecular flexibility index (Phi) is 6.37. The minimum absolute atomic E-state index is 0.169. The number of nitrogens with one attached hydrogen (secondary N) is 2. The number of aryl methyl sites for hydroxylation is 1. The lowest BCUT2D eigenvalue weighted by atomic mass is 10.2. The number of nitrogens with zero attached hydrogens (tertiary/aromatic N) is 3. The molecule has 2 heterocycles. The zero-order valence-corrected chi connectivity index (χ0v) is 17.6. The summed E-state index contributed by atoms with van der Waals surface area (Å²) in [4.78, 5) is 24.7. The highest BCUT2D eigenvalue weighted by Gasteiger charge is 2.13. The van der Waals surface area contributed by atoms with Crippen molar-refractivity contribution in [2.75, 3.05) is 29.6 Å². The topological polar surface area (TPSA) is 107 Å². The van der Waals surface area contributed by atoms with Crippen LogP contribution in [-0.4, -0.2) is 45.5 Å². The van der Waals surface area contributed by atoms with E-state index >= 15 is 0 Å². The van der Waals surface area contributed by atoms with E-state index in [1.165, 1.54) is 11.8 Å². The van der Waals surface area contributed by atoms with Crippen LogP contribution in [0, 0.1) is 0 Å². The van der Waals surface area contributed by atoms with E-state index in [1.54, 1.807) is 53.4 Å². The Hall–Kier alpha value is -3.53. The minimum Gasteiger partial charge on any atom is -0.490 e. The second-order valence-electron chi connectivity index (χ2n) is 6.80. The molecule has 2 amide bonds. The van der Waals surface area contributed by atoms with Crippen molar-refractivity contribution in [1.29, 1.82) is 0 Å². The zero-order chi connectivity index (χ0) is 21.6. The SMILES string of the molecule is Cn1cnnc1SCC(=O)Nc1ccc(C(=O)Nc2ccc3c(c2)OCCCO3)cc1. The molecule has 160 valence electrons. The number of carbonyl (C=O) groups excluding carboxylic acids is 2. The van der Waals surface area contributed by atoms with Crippen molar-refractivity contribution in [3.05, 3.63) is 54.4 Å². The summed E-state index contributed by atoms with van der Waals surface area (Å²) in [5.41, 5.74) is 1.70. The largest absolute Gasteiger partial charge is 0.490 e. The Morgan fingerprint density at radius 3 is 2.52 bits per heavy atom. The highest BCUT2D eigenvalue weighted by atomic mass is 32.2. The van der Waals surface area contributed by atoms with Gasteiger partial charge in [0.2, 0.25) is 5.91 Å². The molecule has 0 spiro atoms. The third kappa shape index (κ3) is 5.34. The molecule has 0 saturated heterocycles. The van der Waals surface area contributed by atoms with Crippen LogP contribution in [-0.2, 0) is 11.8 Å². The second kappa shape index (κ2) is 9.52. The summed E-state index contributed by atoms with van der Waals surface area (Å²) in [6.45, 7) is 1.19. The molecule has 10 heteroatoms. The number of aromatic nitrogens is 3. The molecule has 1 aromatic heterocycles. The summed E-state index contributed by atoms with van der Waals surface area (Å²) in [6, 6.07) is 12.0. The van der Waals surface area contributed by atoms with Gasteiger partial charge in [0.05, 0.1) is 19.0 Å². The number of rotatable bonds is 6. The normalized spacial score (nSPS) is 12.7. The summed E-state index contributed by atoms with van der Waals surface area (Å²) in [5, 5.41) is 14.0. The van der Waals surface area contributed by atoms with Crippen molar-refractivity contribution >= 4 is 35.0 Å². The Labute approximate surface area is 183 Å². The Balaban J connectivity index is 1.32. The van der Waals surface area contributed by atoms with Crippen molar-refractivity contribution in [3.63, 3.8) is 0 Å². The minimum atomic E-state index is -0.259. The first-order chi connectivity index (χ1) is 15.1. The lowest BCUT2D eigenvalue weighted by Gasteiger charge is -2.11. The number of carbonyl (C=O) groups is 2. The first-order valence-corrected chi connectivity index (χ1v) is 10.6. The van der Waals surface area contributed by atoms with Gasteiger partial charge in [-0.05, 0) is 36.4 Å². The van der Waals surface area contributed by atoms with E-state index in [0.717, 1.165) is 6.42 Å². The maximum absolute atomic E-state index is 12.6. The van der Waals surface area contributed by atoms with E-state index in [2.05, 4.69) is 20.8 Å². The lowest BCUT2D eigenvalue weighted by molar-refractivity contribution is -0.113. The van der Waals surface area contributed by atoms with Gasteiger partial charge in [-0.1, -0.05) is 11.8 Å². The van der Waals surface area contributed by atoms with E-state index in [9.17, 15) is 9.59 Å². The maximum Gasteiger partial charge on any atom is 0.255 e. The fraction of sp³-hybridized carbons (Fsp3) is 0.238. The average Bonchev–Trinajstić information content (AvgIpc) is 3.03. The van der Waals surface area contributed by atoms with Crippen LogP contribution in [0.2, 0.25) is 0 Å². The van der Waals surface area contributed by atoms with Crippen molar-refractivity contribution in [1.82, 2.24) is 14.8 Å². The quantitative estimate of drug-likeness (QED) is 0.569. The molecule has 0 unspecified atom stereocenters. The smallest absolute Gasteiger partial charge is 0.255 e. The van der Waals surface area contributed by atoms with Gasteiger partial charge in [-0.3, -0.25) is 9.59 Å². The predicted molar refractivity (Wildman–Crippen MR) is 117 cm³/mol. The van der Waals surface area contributed by atoms with Gasteiger partial charge in [0.1, 0.15) is 6.33 Å². The molecule has 0 bridgehead atoms. The van der Waals surface area contributed by atoms with Gasteiger partial charge in [-0.25, -0.2) is 0 Å². The van der Waals surface area contributed by atoms with Crippen molar-refractivity contribution in [2.45, 2.75) is 11.6 Å². The summed E-state index contributed by atoms with van der Waals surface area (Å²) in [7, 11) is 1.82. The van der Waals surface area contributed by atoms with E-state index in [0.29, 0.717) is 46.8 Å². The fourth-order valence-electron chi connectivity index (χ4n) is 2.88. The van der Waals surface area contributed by atoms with Gasteiger partial charge in [-0.15, -0.1) is 10.2 Å². The lowest BCUT2D eigenvalue weighted by Crippen LogP contribution is -2.15. The Morgan fingerprint density at radius 1 is 1.03 bits per heavy atom. The molecule has 0 saturated carbocycles.